The van der Waals surface area contributed by atoms with Gasteiger partial charge in [0.25, 0.3) is 5.91 Å². The third-order valence-corrected chi connectivity index (χ3v) is 3.00. The number of hydrogen-bond acceptors (Lipinski definition) is 4. The Hall–Kier alpha value is -2.37. The maximum Gasteiger partial charge on any atom is 0.291 e. The van der Waals surface area contributed by atoms with E-state index in [1.165, 1.54) is 0 Å². The second-order valence-electron chi connectivity index (χ2n) is 4.29. The van der Waals surface area contributed by atoms with Crippen LogP contribution >= 0.6 is 0 Å². The fourth-order valence-corrected chi connectivity index (χ4v) is 1.84. The molecule has 19 heavy (non-hydrogen) atoms. The molecule has 100 valence electrons. The fraction of sp³-hybridized carbons (Fsp3) is 0.308. The largest absolute Gasteiger partial charge is 0.366 e. The van der Waals surface area contributed by atoms with Gasteiger partial charge in [-0.15, -0.1) is 5.10 Å². The number of nitrogens with one attached hydrogen (secondary N) is 1. The average Bonchev–Trinajstić information content (AvgIpc) is 2.84. The minimum absolute atomic E-state index is 0.0790. The molecule has 0 fully saturated rings. The molecule has 0 saturated heterocycles. The molecule has 6 nitrogen and oxygen atoms in total. The quantitative estimate of drug-likeness (QED) is 0.867. The molecule has 0 radical (unpaired) electrons. The van der Waals surface area contributed by atoms with Crippen molar-refractivity contribution in [3.63, 3.8) is 0 Å². The molecule has 0 aliphatic carbocycles. The minimum Gasteiger partial charge on any atom is -0.366 e. The van der Waals surface area contributed by atoms with E-state index in [4.69, 9.17) is 5.73 Å². The Morgan fingerprint density at radius 2 is 2.16 bits per heavy atom. The van der Waals surface area contributed by atoms with Gasteiger partial charge in [-0.2, -0.15) is 4.98 Å². The SMILES string of the molecule is CCN(Cc1ccccc1C)C(=O)c1nc(N)n[nH]1. The maximum absolute atomic E-state index is 12.2. The zero-order valence-corrected chi connectivity index (χ0v) is 11.1. The van der Waals surface area contributed by atoms with Gasteiger partial charge >= 0.3 is 0 Å². The topological polar surface area (TPSA) is 87.9 Å². The molecule has 2 rings (SSSR count). The maximum atomic E-state index is 12.2. The van der Waals surface area contributed by atoms with Crippen LogP contribution in [0.5, 0.6) is 0 Å². The van der Waals surface area contributed by atoms with Gasteiger partial charge in [-0.1, -0.05) is 24.3 Å². The lowest BCUT2D eigenvalue weighted by molar-refractivity contribution is 0.0740. The zero-order valence-electron chi connectivity index (χ0n) is 11.1. The molecule has 1 amide bonds. The molecular weight excluding hydrogens is 242 g/mol. The van der Waals surface area contributed by atoms with Gasteiger partial charge in [0.05, 0.1) is 0 Å². The van der Waals surface area contributed by atoms with Crippen LogP contribution in [0.15, 0.2) is 24.3 Å². The Morgan fingerprint density at radius 1 is 1.42 bits per heavy atom. The van der Waals surface area contributed by atoms with Crippen molar-refractivity contribution in [2.45, 2.75) is 20.4 Å². The van der Waals surface area contributed by atoms with Crippen LogP contribution in [-0.4, -0.2) is 32.5 Å². The van der Waals surface area contributed by atoms with Crippen LogP contribution < -0.4 is 5.73 Å². The first-order chi connectivity index (χ1) is 9.11. The molecule has 0 aliphatic rings. The predicted molar refractivity (Wildman–Crippen MR) is 72.4 cm³/mol. The number of nitrogens with zero attached hydrogens (tertiary/aromatic N) is 3. The molecule has 0 bridgehead atoms. The van der Waals surface area contributed by atoms with Gasteiger partial charge in [0.1, 0.15) is 0 Å². The van der Waals surface area contributed by atoms with Crippen LogP contribution in [0.25, 0.3) is 0 Å². The summed E-state index contributed by atoms with van der Waals surface area (Å²) in [6.07, 6.45) is 0. The molecule has 0 saturated carbocycles. The molecular formula is C13H17N5O. The van der Waals surface area contributed by atoms with Crippen molar-refractivity contribution < 1.29 is 4.79 Å². The number of nitrogen functional groups attached to an aromatic ring is 1. The van der Waals surface area contributed by atoms with Gasteiger partial charge in [0.2, 0.25) is 11.8 Å². The van der Waals surface area contributed by atoms with Crippen LogP contribution in [0, 0.1) is 6.92 Å². The Bertz CT molecular complexity index is 578. The molecule has 3 N–H and O–H groups in total. The number of rotatable bonds is 4. The smallest absolute Gasteiger partial charge is 0.291 e. The van der Waals surface area contributed by atoms with Gasteiger partial charge in [0, 0.05) is 13.1 Å². The summed E-state index contributed by atoms with van der Waals surface area (Å²) < 4.78 is 0. The highest BCUT2D eigenvalue weighted by Crippen LogP contribution is 2.12. The lowest BCUT2D eigenvalue weighted by Crippen LogP contribution is -2.31. The van der Waals surface area contributed by atoms with E-state index in [1.807, 2.05) is 38.1 Å². The number of aromatic nitrogens is 3. The first-order valence-electron chi connectivity index (χ1n) is 6.13. The van der Waals surface area contributed by atoms with E-state index in [2.05, 4.69) is 15.2 Å². The average molecular weight is 259 g/mol. The summed E-state index contributed by atoms with van der Waals surface area (Å²) in [6, 6.07) is 7.99. The highest BCUT2D eigenvalue weighted by molar-refractivity contribution is 5.90. The third-order valence-electron chi connectivity index (χ3n) is 3.00. The number of carbonyl (C=O) groups is 1. The van der Waals surface area contributed by atoms with Crippen LogP contribution in [0.4, 0.5) is 5.95 Å². The van der Waals surface area contributed by atoms with Gasteiger partial charge in [-0.3, -0.25) is 9.89 Å². The highest BCUT2D eigenvalue weighted by atomic mass is 16.2. The van der Waals surface area contributed by atoms with E-state index in [0.717, 1.165) is 11.1 Å². The minimum atomic E-state index is -0.199. The summed E-state index contributed by atoms with van der Waals surface area (Å²) >= 11 is 0. The van der Waals surface area contributed by atoms with Crippen LogP contribution in [0.2, 0.25) is 0 Å². The van der Waals surface area contributed by atoms with Gasteiger partial charge in [0.15, 0.2) is 0 Å². The Balaban J connectivity index is 2.17. The number of benzene rings is 1. The van der Waals surface area contributed by atoms with E-state index >= 15 is 0 Å². The van der Waals surface area contributed by atoms with E-state index < -0.39 is 0 Å². The van der Waals surface area contributed by atoms with Gasteiger partial charge in [-0.25, -0.2) is 0 Å². The Kier molecular flexibility index (Phi) is 3.79. The number of hydrogen-bond donors (Lipinski definition) is 2. The van der Waals surface area contributed by atoms with Crippen molar-refractivity contribution in [2.75, 3.05) is 12.3 Å². The molecule has 1 heterocycles. The Morgan fingerprint density at radius 3 is 2.74 bits per heavy atom. The van der Waals surface area contributed by atoms with Gasteiger partial charge in [-0.05, 0) is 25.0 Å². The summed E-state index contributed by atoms with van der Waals surface area (Å²) in [4.78, 5) is 17.8. The highest BCUT2D eigenvalue weighted by Gasteiger charge is 2.18. The summed E-state index contributed by atoms with van der Waals surface area (Å²) in [6.45, 7) is 5.09. The summed E-state index contributed by atoms with van der Waals surface area (Å²) in [5.74, 6) is 0.0539. The number of carbonyl (C=O) groups excluding carboxylic acids is 1. The van der Waals surface area contributed by atoms with Crippen molar-refractivity contribution in [1.29, 1.82) is 0 Å². The number of amides is 1. The van der Waals surface area contributed by atoms with Crippen LogP contribution in [0.3, 0.4) is 0 Å². The van der Waals surface area contributed by atoms with E-state index in [-0.39, 0.29) is 17.7 Å². The molecule has 0 unspecified atom stereocenters. The summed E-state index contributed by atoms with van der Waals surface area (Å²) in [7, 11) is 0. The van der Waals surface area contributed by atoms with Crippen LogP contribution in [-0.2, 0) is 6.54 Å². The Labute approximate surface area is 111 Å². The molecule has 6 heteroatoms. The normalized spacial score (nSPS) is 10.4. The first-order valence-corrected chi connectivity index (χ1v) is 6.13. The summed E-state index contributed by atoms with van der Waals surface area (Å²) in [5, 5.41) is 6.22. The number of H-pyrrole nitrogens is 1. The zero-order chi connectivity index (χ0) is 13.8. The number of anilines is 1. The van der Waals surface area contributed by atoms with Gasteiger partial charge < -0.3 is 10.6 Å². The van der Waals surface area contributed by atoms with E-state index in [0.29, 0.717) is 13.1 Å². The number of nitrogens with two attached hydrogens (primary N) is 1. The second kappa shape index (κ2) is 5.51. The van der Waals surface area contributed by atoms with Crippen molar-refractivity contribution >= 4 is 11.9 Å². The number of aryl methyl sites for hydroxylation is 1. The standard InChI is InChI=1S/C13H17N5O/c1-3-18(8-10-7-5-4-6-9(10)2)12(19)11-15-13(14)17-16-11/h4-7H,3,8H2,1-2H3,(H3,14,15,16,17). The molecule has 0 aliphatic heterocycles. The molecule has 1 aromatic heterocycles. The molecule has 2 aromatic rings. The summed E-state index contributed by atoms with van der Waals surface area (Å²) in [5.41, 5.74) is 7.68. The lowest BCUT2D eigenvalue weighted by atomic mass is 10.1. The van der Waals surface area contributed by atoms with Crippen LogP contribution in [0.1, 0.15) is 28.7 Å². The van der Waals surface area contributed by atoms with Crippen molar-refractivity contribution in [1.82, 2.24) is 20.1 Å². The predicted octanol–water partition coefficient (Wildman–Crippen LogP) is 1.36. The van der Waals surface area contributed by atoms with Crippen molar-refractivity contribution in [3.05, 3.63) is 41.2 Å². The van der Waals surface area contributed by atoms with Crippen molar-refractivity contribution in [3.8, 4) is 0 Å². The lowest BCUT2D eigenvalue weighted by Gasteiger charge is -2.20. The third kappa shape index (κ3) is 2.90. The number of aromatic amines is 1. The van der Waals surface area contributed by atoms with Crippen molar-refractivity contribution in [2.24, 2.45) is 0 Å². The van der Waals surface area contributed by atoms with E-state index in [1.54, 1.807) is 4.90 Å². The first kappa shape index (κ1) is 13.1. The van der Waals surface area contributed by atoms with E-state index in [9.17, 15) is 4.79 Å². The molecule has 0 spiro atoms. The monoisotopic (exact) mass is 259 g/mol. The molecule has 1 aromatic carbocycles. The fourth-order valence-electron chi connectivity index (χ4n) is 1.84. The second-order valence-corrected chi connectivity index (χ2v) is 4.29. The molecule has 0 atom stereocenters.